The van der Waals surface area contributed by atoms with E-state index in [9.17, 15) is 10.2 Å². The van der Waals surface area contributed by atoms with Crippen LogP contribution in [0.15, 0.2) is 0 Å². The van der Waals surface area contributed by atoms with Crippen LogP contribution in [-0.4, -0.2) is 63.4 Å². The van der Waals surface area contributed by atoms with Crippen molar-refractivity contribution in [2.75, 3.05) is 26.3 Å². The predicted molar refractivity (Wildman–Crippen MR) is 120 cm³/mol. The van der Waals surface area contributed by atoms with E-state index in [2.05, 4.69) is 57.4 Å². The zero-order valence-electron chi connectivity index (χ0n) is 19.9. The molecule has 0 bridgehead atoms. The van der Waals surface area contributed by atoms with Gasteiger partial charge in [-0.15, -0.1) is 0 Å². The van der Waals surface area contributed by atoms with Crippen LogP contribution in [0.2, 0.25) is 0 Å². The van der Waals surface area contributed by atoms with Crippen LogP contribution in [0.3, 0.4) is 0 Å². The molecule has 1 aliphatic heterocycles. The number of hydrogen-bond donors (Lipinski definition) is 2. The zero-order chi connectivity index (χ0) is 21.4. The summed E-state index contributed by atoms with van der Waals surface area (Å²) in [6, 6.07) is 0. The van der Waals surface area contributed by atoms with E-state index in [4.69, 9.17) is 0 Å². The summed E-state index contributed by atoms with van der Waals surface area (Å²) < 4.78 is 2.50. The summed E-state index contributed by atoms with van der Waals surface area (Å²) in [5.74, 6) is 3.50. The lowest BCUT2D eigenvalue weighted by molar-refractivity contribution is -0.618. The molecule has 1 heterocycles. The smallest absolute Gasteiger partial charge is 0.235 e. The van der Waals surface area contributed by atoms with Gasteiger partial charge in [0.25, 0.3) is 0 Å². The van der Waals surface area contributed by atoms with Crippen LogP contribution in [0, 0.1) is 35.5 Å². The Balaban J connectivity index is 1.98. The molecule has 0 saturated heterocycles. The van der Waals surface area contributed by atoms with E-state index in [1.54, 1.807) is 0 Å². The minimum absolute atomic E-state index is 0.148. The van der Waals surface area contributed by atoms with Gasteiger partial charge in [-0.1, -0.05) is 54.4 Å². The van der Waals surface area contributed by atoms with Gasteiger partial charge < -0.3 is 10.2 Å². The highest BCUT2D eigenvalue weighted by molar-refractivity contribution is 5.53. The van der Waals surface area contributed by atoms with Crippen molar-refractivity contribution in [3.05, 3.63) is 0 Å². The fraction of sp³-hybridized carbons (Fsp3) is 0.960. The molecular weight excluding hydrogens is 360 g/mol. The van der Waals surface area contributed by atoms with E-state index in [1.165, 1.54) is 25.7 Å². The molecule has 0 aromatic rings. The van der Waals surface area contributed by atoms with Crippen LogP contribution < -0.4 is 0 Å². The molecular formula is C25H47N2O2+. The van der Waals surface area contributed by atoms with Crippen molar-refractivity contribution in [3.8, 4) is 0 Å². The molecule has 4 heteroatoms. The lowest BCUT2D eigenvalue weighted by Crippen LogP contribution is -2.60. The van der Waals surface area contributed by atoms with E-state index in [0.717, 1.165) is 25.9 Å². The summed E-state index contributed by atoms with van der Waals surface area (Å²) in [6.45, 7) is 16.4. The highest BCUT2D eigenvalue weighted by Crippen LogP contribution is 2.47. The van der Waals surface area contributed by atoms with Gasteiger partial charge in [0.15, 0.2) is 0 Å². The second-order valence-corrected chi connectivity index (χ2v) is 11.5. The third kappa shape index (κ3) is 4.01. The number of aliphatic hydroxyl groups is 2. The van der Waals surface area contributed by atoms with E-state index >= 15 is 0 Å². The van der Waals surface area contributed by atoms with Crippen LogP contribution in [0.5, 0.6) is 0 Å². The van der Waals surface area contributed by atoms with Crippen LogP contribution >= 0.6 is 0 Å². The van der Waals surface area contributed by atoms with Crippen molar-refractivity contribution in [2.24, 2.45) is 35.5 Å². The van der Waals surface area contributed by atoms with E-state index in [-0.39, 0.29) is 24.3 Å². The summed E-state index contributed by atoms with van der Waals surface area (Å²) in [4.78, 5) is 2.50. The largest absolute Gasteiger partial charge is 0.392 e. The average Bonchev–Trinajstić information content (AvgIpc) is 3.18. The molecule has 6 atom stereocenters. The maximum Gasteiger partial charge on any atom is 0.235 e. The predicted octanol–water partition coefficient (Wildman–Crippen LogP) is 3.99. The molecule has 4 nitrogen and oxygen atoms in total. The molecule has 2 fully saturated rings. The summed E-state index contributed by atoms with van der Waals surface area (Å²) in [5.41, 5.74) is -0.296. The van der Waals surface area contributed by atoms with Crippen molar-refractivity contribution in [2.45, 2.75) is 91.1 Å². The maximum atomic E-state index is 10.7. The Morgan fingerprint density at radius 3 is 2.03 bits per heavy atom. The molecule has 0 aromatic heterocycles. The maximum absolute atomic E-state index is 10.7. The monoisotopic (exact) mass is 407 g/mol. The molecule has 2 N–H and O–H groups in total. The quantitative estimate of drug-likeness (QED) is 0.655. The molecule has 0 unspecified atom stereocenters. The summed E-state index contributed by atoms with van der Waals surface area (Å²) in [6.07, 6.45) is 9.46. The van der Waals surface area contributed by atoms with Crippen molar-refractivity contribution in [3.63, 3.8) is 0 Å². The van der Waals surface area contributed by atoms with Gasteiger partial charge in [-0.3, -0.25) is 9.48 Å². The molecule has 0 aromatic carbocycles. The summed E-state index contributed by atoms with van der Waals surface area (Å²) in [5, 5.41) is 21.4. The Bertz CT molecular complexity index is 589. The highest BCUT2D eigenvalue weighted by atomic mass is 16.3. The first-order chi connectivity index (χ1) is 13.7. The minimum atomic E-state index is -0.148. The molecule has 29 heavy (non-hydrogen) atoms. The number of aliphatic hydroxyl groups excluding tert-OH is 2. The van der Waals surface area contributed by atoms with Gasteiger partial charge in [-0.2, -0.15) is 0 Å². The number of nitrogens with zero attached hydrogens (tertiary/aromatic N) is 2. The van der Waals surface area contributed by atoms with Crippen molar-refractivity contribution < 1.29 is 14.8 Å². The van der Waals surface area contributed by atoms with Crippen molar-refractivity contribution >= 4 is 6.34 Å². The lowest BCUT2D eigenvalue weighted by atomic mass is 9.64. The first kappa shape index (κ1) is 23.1. The van der Waals surface area contributed by atoms with E-state index in [0.29, 0.717) is 35.5 Å². The fourth-order valence-electron chi connectivity index (χ4n) is 7.47. The zero-order valence-corrected chi connectivity index (χ0v) is 19.9. The van der Waals surface area contributed by atoms with Gasteiger partial charge in [-0.05, 0) is 49.4 Å². The highest BCUT2D eigenvalue weighted by Gasteiger charge is 2.56. The lowest BCUT2D eigenvalue weighted by Gasteiger charge is -2.48. The minimum Gasteiger partial charge on any atom is -0.392 e. The van der Waals surface area contributed by atoms with Crippen LogP contribution in [0.1, 0.15) is 80.1 Å². The van der Waals surface area contributed by atoms with Crippen molar-refractivity contribution in [1.82, 2.24) is 4.90 Å². The Morgan fingerprint density at radius 2 is 1.48 bits per heavy atom. The van der Waals surface area contributed by atoms with E-state index < -0.39 is 0 Å². The molecule has 3 aliphatic rings. The second-order valence-electron chi connectivity index (χ2n) is 11.5. The fourth-order valence-corrected chi connectivity index (χ4v) is 7.47. The molecule has 0 spiro atoms. The Labute approximate surface area is 179 Å². The number of rotatable bonds is 6. The van der Waals surface area contributed by atoms with Crippen LogP contribution in [0.25, 0.3) is 0 Å². The Morgan fingerprint density at radius 1 is 0.897 bits per heavy atom. The van der Waals surface area contributed by atoms with E-state index in [1.807, 2.05) is 0 Å². The molecule has 2 aliphatic carbocycles. The number of hydrogen-bond acceptors (Lipinski definition) is 3. The first-order valence-electron chi connectivity index (χ1n) is 12.3. The third-order valence-electron chi connectivity index (χ3n) is 8.89. The topological polar surface area (TPSA) is 46.7 Å². The van der Waals surface area contributed by atoms with Gasteiger partial charge >= 0.3 is 0 Å². The first-order valence-corrected chi connectivity index (χ1v) is 12.3. The molecule has 168 valence electrons. The van der Waals surface area contributed by atoms with Crippen molar-refractivity contribution in [1.29, 1.82) is 0 Å². The van der Waals surface area contributed by atoms with Gasteiger partial charge in [0, 0.05) is 11.8 Å². The van der Waals surface area contributed by atoms with Gasteiger partial charge in [-0.25, -0.2) is 0 Å². The van der Waals surface area contributed by atoms with Gasteiger partial charge in [0.1, 0.15) is 24.2 Å². The summed E-state index contributed by atoms with van der Waals surface area (Å²) in [7, 11) is 0. The molecule has 0 amide bonds. The molecule has 2 saturated carbocycles. The normalized spacial score (nSPS) is 41.3. The Hall–Kier alpha value is -0.610. The van der Waals surface area contributed by atoms with Crippen LogP contribution in [0.4, 0.5) is 0 Å². The summed E-state index contributed by atoms with van der Waals surface area (Å²) >= 11 is 0. The second kappa shape index (κ2) is 8.86. The molecule has 3 rings (SSSR count). The van der Waals surface area contributed by atoms with Gasteiger partial charge in [0.05, 0.1) is 13.2 Å². The SMILES string of the molecule is CC(C)[C@@H]1CC[C@@H](C)C[C@]1(CO)N1C=[N+]([C@@]2(CO)C[C@H](C)CC[C@H]2C(C)C)CC1. The third-order valence-corrected chi connectivity index (χ3v) is 8.89. The Kier molecular flexibility index (Phi) is 7.05. The van der Waals surface area contributed by atoms with Gasteiger partial charge in [0.2, 0.25) is 6.34 Å². The van der Waals surface area contributed by atoms with Crippen LogP contribution in [-0.2, 0) is 0 Å². The standard InChI is InChI=1S/C25H47N2O2/c1-18(2)22-9-7-20(5)13-24(22,15-28)26-11-12-27(17-26)25(16-29)14-21(6)8-10-23(25)19(3)4/h17-23,28-29H,7-16H2,1-6H3/q+1/t20-,21-,22+,23+,24-,25-/m1/s1. The molecule has 0 radical (unpaired) electrons. The average molecular weight is 408 g/mol.